The molecule has 0 amide bonds. The van der Waals surface area contributed by atoms with Gasteiger partial charge in [0.05, 0.1) is 18.0 Å². The molecule has 1 heterocycles. The highest BCUT2D eigenvalue weighted by Crippen LogP contribution is 2.48. The van der Waals surface area contributed by atoms with E-state index in [0.29, 0.717) is 0 Å². The molecule has 92 valence electrons. The molecule has 2 nitrogen and oxygen atoms in total. The second-order valence-corrected chi connectivity index (χ2v) is 11.4. The summed E-state index contributed by atoms with van der Waals surface area (Å²) in [5.74, 6) is 1.19. The van der Waals surface area contributed by atoms with Gasteiger partial charge in [0, 0.05) is 6.42 Å². The van der Waals surface area contributed by atoms with E-state index in [1.165, 1.54) is 18.6 Å². The molecule has 0 aromatic heterocycles. The Hall–Kier alpha value is -0.283. The number of hydrogen-bond donors (Lipinski definition) is 0. The smallest absolute Gasteiger partial charge is 0.250 e. The van der Waals surface area contributed by atoms with Crippen LogP contribution in [0.5, 0.6) is 0 Å². The van der Waals surface area contributed by atoms with Crippen LogP contribution in [0.15, 0.2) is 11.8 Å². The summed E-state index contributed by atoms with van der Waals surface area (Å²) < 4.78 is 12.1. The first-order valence-electron chi connectivity index (χ1n) is 6.26. The quantitative estimate of drug-likeness (QED) is 0.683. The van der Waals surface area contributed by atoms with Crippen LogP contribution in [0.4, 0.5) is 0 Å². The summed E-state index contributed by atoms with van der Waals surface area (Å²) in [5, 5.41) is 0.281. The van der Waals surface area contributed by atoms with Crippen molar-refractivity contribution in [1.82, 2.24) is 0 Å². The van der Waals surface area contributed by atoms with Crippen LogP contribution < -0.4 is 0 Å². The van der Waals surface area contributed by atoms with Crippen molar-refractivity contribution in [2.75, 3.05) is 6.61 Å². The Balaban J connectivity index is 2.02. The lowest BCUT2D eigenvalue weighted by Gasteiger charge is -2.38. The SMILES string of the molecule is CC(C)(C)[Si](C)(C)OC1=CCOC2(CC2)C1. The van der Waals surface area contributed by atoms with Crippen LogP contribution >= 0.6 is 0 Å². The van der Waals surface area contributed by atoms with Crippen molar-refractivity contribution in [3.63, 3.8) is 0 Å². The van der Waals surface area contributed by atoms with E-state index < -0.39 is 8.32 Å². The van der Waals surface area contributed by atoms with Crippen molar-refractivity contribution >= 4 is 8.32 Å². The first kappa shape index (κ1) is 12.2. The minimum absolute atomic E-state index is 0.173. The fraction of sp³-hybridized carbons (Fsp3) is 0.846. The average molecular weight is 240 g/mol. The second kappa shape index (κ2) is 3.60. The summed E-state index contributed by atoms with van der Waals surface area (Å²) in [6, 6.07) is 0. The van der Waals surface area contributed by atoms with E-state index in [1.54, 1.807) is 0 Å². The van der Waals surface area contributed by atoms with Crippen molar-refractivity contribution in [2.45, 2.75) is 63.8 Å². The van der Waals surface area contributed by atoms with Crippen LogP contribution in [0, 0.1) is 0 Å². The Bertz CT molecular complexity index is 308. The molecular weight excluding hydrogens is 216 g/mol. The molecule has 0 aromatic carbocycles. The Labute approximate surface area is 100 Å². The van der Waals surface area contributed by atoms with Crippen LogP contribution in [0.25, 0.3) is 0 Å². The minimum Gasteiger partial charge on any atom is -0.547 e. The highest BCUT2D eigenvalue weighted by Gasteiger charge is 2.48. The largest absolute Gasteiger partial charge is 0.547 e. The highest BCUT2D eigenvalue weighted by molar-refractivity contribution is 6.74. The van der Waals surface area contributed by atoms with E-state index >= 15 is 0 Å². The third kappa shape index (κ3) is 2.35. The van der Waals surface area contributed by atoms with Gasteiger partial charge >= 0.3 is 0 Å². The number of rotatable bonds is 2. The molecule has 0 bridgehead atoms. The van der Waals surface area contributed by atoms with E-state index in [-0.39, 0.29) is 10.6 Å². The molecule has 0 atom stereocenters. The zero-order valence-electron chi connectivity index (χ0n) is 11.2. The molecule has 0 aromatic rings. The molecule has 16 heavy (non-hydrogen) atoms. The molecule has 2 rings (SSSR count). The summed E-state index contributed by atoms with van der Waals surface area (Å²) in [6.45, 7) is 12.2. The van der Waals surface area contributed by atoms with Gasteiger partial charge in [-0.2, -0.15) is 0 Å². The van der Waals surface area contributed by atoms with Gasteiger partial charge in [0.1, 0.15) is 0 Å². The third-order valence-electron chi connectivity index (χ3n) is 4.20. The molecule has 1 aliphatic heterocycles. The van der Waals surface area contributed by atoms with Gasteiger partial charge in [-0.05, 0) is 37.0 Å². The third-order valence-corrected chi connectivity index (χ3v) is 8.58. The summed E-state index contributed by atoms with van der Waals surface area (Å²) in [4.78, 5) is 0. The van der Waals surface area contributed by atoms with Crippen LogP contribution in [-0.4, -0.2) is 20.5 Å². The summed E-state index contributed by atoms with van der Waals surface area (Å²) in [7, 11) is -1.65. The van der Waals surface area contributed by atoms with Crippen LogP contribution in [0.2, 0.25) is 18.1 Å². The van der Waals surface area contributed by atoms with Gasteiger partial charge in [0.15, 0.2) is 0 Å². The molecule has 1 saturated carbocycles. The molecular formula is C13H24O2Si. The Kier molecular flexibility index (Phi) is 2.74. The molecule has 0 saturated heterocycles. The van der Waals surface area contributed by atoms with Gasteiger partial charge in [0.2, 0.25) is 8.32 Å². The summed E-state index contributed by atoms with van der Waals surface area (Å²) in [6.07, 6.45) is 5.56. The van der Waals surface area contributed by atoms with E-state index in [2.05, 4.69) is 39.9 Å². The standard InChI is InChI=1S/C13H24O2Si/c1-12(2,3)16(4,5)15-11-6-9-14-13(10-11)7-8-13/h6H,7-10H2,1-5H3. The summed E-state index contributed by atoms with van der Waals surface area (Å²) in [5.41, 5.74) is 0.173. The van der Waals surface area contributed by atoms with Crippen LogP contribution in [0.1, 0.15) is 40.0 Å². The molecule has 1 spiro atoms. The number of hydrogen-bond acceptors (Lipinski definition) is 2. The van der Waals surface area contributed by atoms with Gasteiger partial charge in [-0.3, -0.25) is 0 Å². The van der Waals surface area contributed by atoms with Gasteiger partial charge < -0.3 is 9.16 Å². The van der Waals surface area contributed by atoms with Crippen LogP contribution in [0.3, 0.4) is 0 Å². The maximum absolute atomic E-state index is 6.34. The van der Waals surface area contributed by atoms with Gasteiger partial charge in [-0.15, -0.1) is 0 Å². The van der Waals surface area contributed by atoms with E-state index in [1.807, 2.05) is 0 Å². The molecule has 1 fully saturated rings. The van der Waals surface area contributed by atoms with Crippen molar-refractivity contribution < 1.29 is 9.16 Å². The predicted octanol–water partition coefficient (Wildman–Crippen LogP) is 3.85. The molecule has 0 radical (unpaired) electrons. The van der Waals surface area contributed by atoms with E-state index in [4.69, 9.17) is 9.16 Å². The molecule has 1 aliphatic carbocycles. The number of ether oxygens (including phenoxy) is 1. The predicted molar refractivity (Wildman–Crippen MR) is 68.9 cm³/mol. The molecule has 3 heteroatoms. The summed E-state index contributed by atoms with van der Waals surface area (Å²) >= 11 is 0. The minimum atomic E-state index is -1.65. The normalized spacial score (nSPS) is 24.2. The average Bonchev–Trinajstić information content (AvgIpc) is 2.82. The van der Waals surface area contributed by atoms with Crippen molar-refractivity contribution in [1.29, 1.82) is 0 Å². The lowest BCUT2D eigenvalue weighted by atomic mass is 10.1. The van der Waals surface area contributed by atoms with Crippen molar-refractivity contribution in [3.05, 3.63) is 11.8 Å². The second-order valence-electron chi connectivity index (χ2n) is 6.70. The van der Waals surface area contributed by atoms with Gasteiger partial charge in [-0.1, -0.05) is 20.8 Å². The zero-order valence-corrected chi connectivity index (χ0v) is 12.2. The van der Waals surface area contributed by atoms with Crippen LogP contribution in [-0.2, 0) is 9.16 Å². The molecule has 0 unspecified atom stereocenters. The Morgan fingerprint density at radius 1 is 1.31 bits per heavy atom. The van der Waals surface area contributed by atoms with Crippen molar-refractivity contribution in [3.8, 4) is 0 Å². The Morgan fingerprint density at radius 2 is 1.94 bits per heavy atom. The molecule has 2 aliphatic rings. The molecule has 0 N–H and O–H groups in total. The van der Waals surface area contributed by atoms with E-state index in [0.717, 1.165) is 13.0 Å². The first-order valence-corrected chi connectivity index (χ1v) is 9.17. The maximum atomic E-state index is 6.34. The van der Waals surface area contributed by atoms with E-state index in [9.17, 15) is 0 Å². The fourth-order valence-electron chi connectivity index (χ4n) is 1.77. The lowest BCUT2D eigenvalue weighted by Crippen LogP contribution is -2.41. The highest BCUT2D eigenvalue weighted by atomic mass is 28.4. The fourth-order valence-corrected chi connectivity index (χ4v) is 2.89. The topological polar surface area (TPSA) is 18.5 Å². The Morgan fingerprint density at radius 3 is 2.44 bits per heavy atom. The maximum Gasteiger partial charge on any atom is 0.250 e. The van der Waals surface area contributed by atoms with Gasteiger partial charge in [-0.25, -0.2) is 0 Å². The van der Waals surface area contributed by atoms with Crippen molar-refractivity contribution in [2.24, 2.45) is 0 Å². The van der Waals surface area contributed by atoms with Gasteiger partial charge in [0.25, 0.3) is 0 Å². The monoisotopic (exact) mass is 240 g/mol. The first-order chi connectivity index (χ1) is 7.24. The zero-order chi connectivity index (χ0) is 12.0. The lowest BCUT2D eigenvalue weighted by molar-refractivity contribution is 0.0313.